The van der Waals surface area contributed by atoms with E-state index < -0.39 is 22.5 Å². The fraction of sp³-hybridized carbons (Fsp3) is 1.00. The average molecular weight is 192 g/mol. The molecule has 0 saturated heterocycles. The zero-order valence-electron chi connectivity index (χ0n) is 7.09. The molecule has 7 nitrogen and oxygen atoms in total. The van der Waals surface area contributed by atoms with Gasteiger partial charge >= 0.3 is 0 Å². The molecule has 0 radical (unpaired) electrons. The molecule has 1 unspecified atom stereocenters. The predicted octanol–water partition coefficient (Wildman–Crippen LogP) is 0.0710. The molecular formula is C6H12N2O5. The van der Waals surface area contributed by atoms with Crippen molar-refractivity contribution in [1.29, 1.82) is 0 Å². The van der Waals surface area contributed by atoms with Crippen LogP contribution in [0.3, 0.4) is 0 Å². The molecule has 0 rings (SSSR count). The maximum absolute atomic E-state index is 10.2. The minimum absolute atomic E-state index is 0.171. The first-order valence-electron chi connectivity index (χ1n) is 3.94. The van der Waals surface area contributed by atoms with Crippen LogP contribution in [0.15, 0.2) is 0 Å². The summed E-state index contributed by atoms with van der Waals surface area (Å²) in [4.78, 5) is 19.0. The van der Waals surface area contributed by atoms with Crippen molar-refractivity contribution in [3.8, 4) is 0 Å². The summed E-state index contributed by atoms with van der Waals surface area (Å²) in [6.45, 7) is -0.679. The molecule has 7 heteroatoms. The smallest absolute Gasteiger partial charge is 0.235 e. The highest BCUT2D eigenvalue weighted by Crippen LogP contribution is 2.03. The van der Waals surface area contributed by atoms with Crippen molar-refractivity contribution in [3.63, 3.8) is 0 Å². The molecule has 0 bridgehead atoms. The first-order valence-corrected chi connectivity index (χ1v) is 3.94. The van der Waals surface area contributed by atoms with Crippen molar-refractivity contribution in [2.24, 2.45) is 0 Å². The second kappa shape index (κ2) is 6.30. The monoisotopic (exact) mass is 192 g/mol. The van der Waals surface area contributed by atoms with E-state index in [1.807, 2.05) is 0 Å². The van der Waals surface area contributed by atoms with Gasteiger partial charge < -0.3 is 5.11 Å². The van der Waals surface area contributed by atoms with Gasteiger partial charge in [-0.1, -0.05) is 0 Å². The van der Waals surface area contributed by atoms with Crippen LogP contribution in [-0.2, 0) is 0 Å². The molecule has 0 spiro atoms. The van der Waals surface area contributed by atoms with Gasteiger partial charge in [0.1, 0.15) is 6.61 Å². The van der Waals surface area contributed by atoms with Crippen LogP contribution in [0, 0.1) is 20.2 Å². The topological polar surface area (TPSA) is 107 Å². The Kier molecular flexibility index (Phi) is 5.69. The second-order valence-corrected chi connectivity index (χ2v) is 2.67. The van der Waals surface area contributed by atoms with Crippen LogP contribution in [0.4, 0.5) is 0 Å². The number of aliphatic hydroxyl groups excluding tert-OH is 1. The third kappa shape index (κ3) is 5.97. The van der Waals surface area contributed by atoms with Crippen LogP contribution in [-0.4, -0.2) is 34.1 Å². The summed E-state index contributed by atoms with van der Waals surface area (Å²) in [6, 6.07) is -0.980. The van der Waals surface area contributed by atoms with E-state index in [0.29, 0.717) is 12.8 Å². The van der Waals surface area contributed by atoms with Gasteiger partial charge in [0.05, 0.1) is 0 Å². The summed E-state index contributed by atoms with van der Waals surface area (Å²) >= 11 is 0. The lowest BCUT2D eigenvalue weighted by Crippen LogP contribution is -2.23. The predicted molar refractivity (Wildman–Crippen MR) is 43.6 cm³/mol. The van der Waals surface area contributed by atoms with Crippen LogP contribution in [0.1, 0.15) is 19.3 Å². The summed E-state index contributed by atoms with van der Waals surface area (Å²) in [5.74, 6) is 0. The van der Waals surface area contributed by atoms with Crippen LogP contribution >= 0.6 is 0 Å². The summed E-state index contributed by atoms with van der Waals surface area (Å²) < 4.78 is 0. The van der Waals surface area contributed by atoms with Gasteiger partial charge in [0.15, 0.2) is 0 Å². The number of rotatable bonds is 7. The molecule has 0 heterocycles. The van der Waals surface area contributed by atoms with Crippen molar-refractivity contribution in [2.75, 3.05) is 13.2 Å². The number of aliphatic hydroxyl groups is 1. The Balaban J connectivity index is 3.50. The zero-order chi connectivity index (χ0) is 10.3. The van der Waals surface area contributed by atoms with Crippen molar-refractivity contribution >= 4 is 0 Å². The van der Waals surface area contributed by atoms with Crippen LogP contribution < -0.4 is 0 Å². The van der Waals surface area contributed by atoms with E-state index in [1.165, 1.54) is 0 Å². The normalized spacial score (nSPS) is 12.4. The van der Waals surface area contributed by atoms with Gasteiger partial charge in [-0.05, 0) is 6.42 Å². The van der Waals surface area contributed by atoms with Gasteiger partial charge in [0, 0.05) is 22.7 Å². The maximum Gasteiger partial charge on any atom is 0.235 e. The summed E-state index contributed by atoms with van der Waals surface area (Å²) in [6.07, 6.45) is 0.905. The SMILES string of the molecule is O=[N+]([O-])CCCCC(CO)[N+](=O)[O-]. The number of hydrogen-bond donors (Lipinski definition) is 1. The highest BCUT2D eigenvalue weighted by molar-refractivity contribution is 4.54. The Morgan fingerprint density at radius 3 is 2.23 bits per heavy atom. The molecule has 0 fully saturated rings. The van der Waals surface area contributed by atoms with Gasteiger partial charge in [-0.15, -0.1) is 0 Å². The highest BCUT2D eigenvalue weighted by atomic mass is 16.6. The van der Waals surface area contributed by atoms with Crippen LogP contribution in [0.2, 0.25) is 0 Å². The average Bonchev–Trinajstić information content (AvgIpc) is 2.03. The maximum atomic E-state index is 10.2. The highest BCUT2D eigenvalue weighted by Gasteiger charge is 2.17. The molecule has 13 heavy (non-hydrogen) atoms. The van der Waals surface area contributed by atoms with E-state index in [-0.39, 0.29) is 13.0 Å². The third-order valence-corrected chi connectivity index (χ3v) is 1.64. The number of hydrogen-bond acceptors (Lipinski definition) is 5. The van der Waals surface area contributed by atoms with Crippen LogP contribution in [0.5, 0.6) is 0 Å². The van der Waals surface area contributed by atoms with Crippen LogP contribution in [0.25, 0.3) is 0 Å². The van der Waals surface area contributed by atoms with Gasteiger partial charge in [-0.25, -0.2) is 0 Å². The van der Waals surface area contributed by atoms with E-state index in [9.17, 15) is 20.2 Å². The van der Waals surface area contributed by atoms with E-state index in [0.717, 1.165) is 0 Å². The van der Waals surface area contributed by atoms with Gasteiger partial charge in [0.2, 0.25) is 12.6 Å². The fourth-order valence-electron chi connectivity index (χ4n) is 0.884. The molecule has 0 amide bonds. The molecule has 1 atom stereocenters. The molecule has 0 saturated carbocycles. The Labute approximate surface area is 74.7 Å². The largest absolute Gasteiger partial charge is 0.389 e. The lowest BCUT2D eigenvalue weighted by Gasteiger charge is -2.03. The quantitative estimate of drug-likeness (QED) is 0.349. The number of nitro groups is 2. The first-order chi connectivity index (χ1) is 6.07. The minimum atomic E-state index is -0.980. The molecule has 1 N–H and O–H groups in total. The van der Waals surface area contributed by atoms with Crippen molar-refractivity contribution in [3.05, 3.63) is 20.2 Å². The molecular weight excluding hydrogens is 180 g/mol. The van der Waals surface area contributed by atoms with Crippen molar-refractivity contribution in [2.45, 2.75) is 25.3 Å². The number of unbranched alkanes of at least 4 members (excludes halogenated alkanes) is 1. The molecule has 0 aromatic heterocycles. The van der Waals surface area contributed by atoms with Crippen molar-refractivity contribution in [1.82, 2.24) is 0 Å². The standard InChI is InChI=1S/C6H12N2O5/c9-5-6(8(12)13)3-1-2-4-7(10)11/h6,9H,1-5H2. The van der Waals surface area contributed by atoms with E-state index in [4.69, 9.17) is 5.11 Å². The summed E-state index contributed by atoms with van der Waals surface area (Å²) in [5, 5.41) is 28.6. The third-order valence-electron chi connectivity index (χ3n) is 1.64. The lowest BCUT2D eigenvalue weighted by atomic mass is 10.1. The Hall–Kier alpha value is -1.24. The van der Waals surface area contributed by atoms with Gasteiger partial charge in [0.25, 0.3) is 0 Å². The zero-order valence-corrected chi connectivity index (χ0v) is 7.09. The van der Waals surface area contributed by atoms with E-state index in [1.54, 1.807) is 0 Å². The second-order valence-electron chi connectivity index (χ2n) is 2.67. The molecule has 0 aliphatic rings. The Morgan fingerprint density at radius 2 is 1.85 bits per heavy atom. The molecule has 0 aliphatic heterocycles. The molecule has 0 aromatic carbocycles. The van der Waals surface area contributed by atoms with Crippen molar-refractivity contribution < 1.29 is 15.0 Å². The van der Waals surface area contributed by atoms with E-state index >= 15 is 0 Å². The molecule has 0 aromatic rings. The lowest BCUT2D eigenvalue weighted by molar-refractivity contribution is -0.527. The summed E-state index contributed by atoms with van der Waals surface area (Å²) in [5.41, 5.74) is 0. The van der Waals surface area contributed by atoms with Gasteiger partial charge in [-0.3, -0.25) is 20.2 Å². The molecule has 76 valence electrons. The summed E-state index contributed by atoms with van der Waals surface area (Å²) in [7, 11) is 0. The van der Waals surface area contributed by atoms with Gasteiger partial charge in [-0.2, -0.15) is 0 Å². The first kappa shape index (κ1) is 11.8. The fourth-order valence-corrected chi connectivity index (χ4v) is 0.884. The Morgan fingerprint density at radius 1 is 1.23 bits per heavy atom. The Bertz CT molecular complexity index is 184. The van der Waals surface area contributed by atoms with E-state index in [2.05, 4.69) is 0 Å². The minimum Gasteiger partial charge on any atom is -0.389 e. The molecule has 0 aliphatic carbocycles. The number of nitrogens with zero attached hydrogens (tertiary/aromatic N) is 2.